The summed E-state index contributed by atoms with van der Waals surface area (Å²) in [7, 11) is 0. The van der Waals surface area contributed by atoms with E-state index in [1.807, 2.05) is 55.5 Å². The molecule has 3 N–H and O–H groups in total. The number of carbonyl (C=O) groups is 1. The number of pyridine rings is 1. The molecule has 0 saturated carbocycles. The van der Waals surface area contributed by atoms with Gasteiger partial charge in [-0.2, -0.15) is 0 Å². The Labute approximate surface area is 112 Å². The van der Waals surface area contributed by atoms with Gasteiger partial charge in [0.1, 0.15) is 6.04 Å². The molecule has 4 nitrogen and oxygen atoms in total. The Morgan fingerprint density at radius 1 is 1.16 bits per heavy atom. The van der Waals surface area contributed by atoms with Gasteiger partial charge in [-0.3, -0.25) is 9.78 Å². The minimum atomic E-state index is -0.660. The molecule has 0 spiro atoms. The summed E-state index contributed by atoms with van der Waals surface area (Å²) in [5.41, 5.74) is 7.55. The molecule has 4 heteroatoms. The maximum atomic E-state index is 12.1. The number of nitrogens with zero attached hydrogens (tertiary/aromatic N) is 1. The van der Waals surface area contributed by atoms with E-state index < -0.39 is 6.04 Å². The smallest absolute Gasteiger partial charge is 0.242 e. The zero-order valence-electron chi connectivity index (χ0n) is 10.8. The molecular formula is C15H17N3O. The normalized spacial score (nSPS) is 13.6. The first kappa shape index (κ1) is 13.2. The average Bonchev–Trinajstić information content (AvgIpc) is 2.48. The SMILES string of the molecule is C[C@H](NC(=O)[C@@H](N)c1ccccc1)c1ccccn1. The fourth-order valence-corrected chi connectivity index (χ4v) is 1.82. The van der Waals surface area contributed by atoms with Gasteiger partial charge in [-0.15, -0.1) is 0 Å². The Hall–Kier alpha value is -2.20. The van der Waals surface area contributed by atoms with E-state index in [1.165, 1.54) is 0 Å². The molecule has 0 aliphatic carbocycles. The number of amides is 1. The van der Waals surface area contributed by atoms with E-state index in [2.05, 4.69) is 10.3 Å². The van der Waals surface area contributed by atoms with Gasteiger partial charge in [0.2, 0.25) is 5.91 Å². The lowest BCUT2D eigenvalue weighted by molar-refractivity contribution is -0.123. The van der Waals surface area contributed by atoms with Crippen molar-refractivity contribution < 1.29 is 4.79 Å². The van der Waals surface area contributed by atoms with Crippen LogP contribution in [0.4, 0.5) is 0 Å². The highest BCUT2D eigenvalue weighted by Crippen LogP contribution is 2.13. The minimum absolute atomic E-state index is 0.163. The van der Waals surface area contributed by atoms with Crippen molar-refractivity contribution in [3.8, 4) is 0 Å². The van der Waals surface area contributed by atoms with Gasteiger partial charge >= 0.3 is 0 Å². The molecule has 0 bridgehead atoms. The molecule has 1 amide bonds. The molecule has 2 atom stereocenters. The number of aromatic nitrogens is 1. The monoisotopic (exact) mass is 255 g/mol. The van der Waals surface area contributed by atoms with Gasteiger partial charge in [-0.05, 0) is 24.6 Å². The summed E-state index contributed by atoms with van der Waals surface area (Å²) < 4.78 is 0. The molecule has 0 radical (unpaired) electrons. The molecule has 1 aromatic heterocycles. The van der Waals surface area contributed by atoms with Crippen LogP contribution in [0.25, 0.3) is 0 Å². The third-order valence-electron chi connectivity index (χ3n) is 2.93. The zero-order valence-corrected chi connectivity index (χ0v) is 10.8. The second-order valence-corrected chi connectivity index (χ2v) is 4.37. The van der Waals surface area contributed by atoms with Crippen molar-refractivity contribution in [1.82, 2.24) is 10.3 Å². The highest BCUT2D eigenvalue weighted by molar-refractivity contribution is 5.83. The Bertz CT molecular complexity index is 528. The van der Waals surface area contributed by atoms with Crippen LogP contribution in [0.3, 0.4) is 0 Å². The summed E-state index contributed by atoms with van der Waals surface area (Å²) in [6.45, 7) is 1.89. The lowest BCUT2D eigenvalue weighted by atomic mass is 10.1. The molecule has 19 heavy (non-hydrogen) atoms. The van der Waals surface area contributed by atoms with E-state index in [0.29, 0.717) is 0 Å². The second-order valence-electron chi connectivity index (χ2n) is 4.37. The highest BCUT2D eigenvalue weighted by atomic mass is 16.2. The molecule has 2 aromatic rings. The highest BCUT2D eigenvalue weighted by Gasteiger charge is 2.18. The predicted octanol–water partition coefficient (Wildman–Crippen LogP) is 1.96. The Balaban J connectivity index is 2.02. The fraction of sp³-hybridized carbons (Fsp3) is 0.200. The standard InChI is InChI=1S/C15H17N3O/c1-11(13-9-5-6-10-17-13)18-15(19)14(16)12-7-3-2-4-8-12/h2-11,14H,16H2,1H3,(H,18,19)/t11-,14-/m0/s1. The van der Waals surface area contributed by atoms with Crippen LogP contribution in [0.5, 0.6) is 0 Å². The largest absolute Gasteiger partial charge is 0.346 e. The van der Waals surface area contributed by atoms with Gasteiger partial charge < -0.3 is 11.1 Å². The van der Waals surface area contributed by atoms with Gasteiger partial charge in [-0.25, -0.2) is 0 Å². The summed E-state index contributed by atoms with van der Waals surface area (Å²) in [6.07, 6.45) is 1.70. The fourth-order valence-electron chi connectivity index (χ4n) is 1.82. The third-order valence-corrected chi connectivity index (χ3v) is 2.93. The van der Waals surface area contributed by atoms with Gasteiger partial charge in [0.05, 0.1) is 11.7 Å². The molecular weight excluding hydrogens is 238 g/mol. The predicted molar refractivity (Wildman–Crippen MR) is 74.2 cm³/mol. The van der Waals surface area contributed by atoms with Crippen LogP contribution in [0, 0.1) is 0 Å². The number of hydrogen-bond acceptors (Lipinski definition) is 3. The number of nitrogens with one attached hydrogen (secondary N) is 1. The molecule has 1 heterocycles. The Kier molecular flexibility index (Phi) is 4.26. The van der Waals surface area contributed by atoms with E-state index in [1.54, 1.807) is 6.20 Å². The summed E-state index contributed by atoms with van der Waals surface area (Å²) in [6, 6.07) is 14.1. The molecule has 0 fully saturated rings. The number of hydrogen-bond donors (Lipinski definition) is 2. The molecule has 0 aliphatic heterocycles. The van der Waals surface area contributed by atoms with Crippen LogP contribution < -0.4 is 11.1 Å². The Morgan fingerprint density at radius 2 is 1.84 bits per heavy atom. The maximum Gasteiger partial charge on any atom is 0.242 e. The van der Waals surface area contributed by atoms with Crippen molar-refractivity contribution in [3.63, 3.8) is 0 Å². The van der Waals surface area contributed by atoms with Crippen LogP contribution >= 0.6 is 0 Å². The summed E-state index contributed by atoms with van der Waals surface area (Å²) in [4.78, 5) is 16.3. The summed E-state index contributed by atoms with van der Waals surface area (Å²) in [5, 5.41) is 2.87. The second kappa shape index (κ2) is 6.11. The van der Waals surface area contributed by atoms with Gasteiger partial charge in [0.25, 0.3) is 0 Å². The first-order chi connectivity index (χ1) is 9.18. The minimum Gasteiger partial charge on any atom is -0.346 e. The van der Waals surface area contributed by atoms with Gasteiger partial charge in [-0.1, -0.05) is 36.4 Å². The Morgan fingerprint density at radius 3 is 2.47 bits per heavy atom. The number of carbonyl (C=O) groups excluding carboxylic acids is 1. The van der Waals surface area contributed by atoms with E-state index in [9.17, 15) is 4.79 Å². The van der Waals surface area contributed by atoms with E-state index in [-0.39, 0.29) is 11.9 Å². The summed E-state index contributed by atoms with van der Waals surface area (Å²) in [5.74, 6) is -0.204. The lowest BCUT2D eigenvalue weighted by Crippen LogP contribution is -2.35. The van der Waals surface area contributed by atoms with Crippen molar-refractivity contribution in [2.75, 3.05) is 0 Å². The molecule has 98 valence electrons. The van der Waals surface area contributed by atoms with Crippen LogP contribution in [0.15, 0.2) is 54.7 Å². The average molecular weight is 255 g/mol. The van der Waals surface area contributed by atoms with Crippen molar-refractivity contribution in [2.24, 2.45) is 5.73 Å². The lowest BCUT2D eigenvalue weighted by Gasteiger charge is -2.17. The maximum absolute atomic E-state index is 12.1. The molecule has 2 rings (SSSR count). The molecule has 0 saturated heterocycles. The van der Waals surface area contributed by atoms with E-state index >= 15 is 0 Å². The molecule has 0 unspecified atom stereocenters. The van der Waals surface area contributed by atoms with Gasteiger partial charge in [0, 0.05) is 6.20 Å². The number of nitrogens with two attached hydrogens (primary N) is 1. The van der Waals surface area contributed by atoms with Crippen LogP contribution in [-0.4, -0.2) is 10.9 Å². The van der Waals surface area contributed by atoms with Crippen molar-refractivity contribution in [1.29, 1.82) is 0 Å². The number of benzene rings is 1. The van der Waals surface area contributed by atoms with Crippen molar-refractivity contribution >= 4 is 5.91 Å². The van der Waals surface area contributed by atoms with Crippen LogP contribution in [0.1, 0.15) is 30.3 Å². The topological polar surface area (TPSA) is 68.0 Å². The first-order valence-corrected chi connectivity index (χ1v) is 6.20. The van der Waals surface area contributed by atoms with Crippen molar-refractivity contribution in [2.45, 2.75) is 19.0 Å². The van der Waals surface area contributed by atoms with E-state index in [0.717, 1.165) is 11.3 Å². The summed E-state index contributed by atoms with van der Waals surface area (Å²) >= 11 is 0. The molecule has 0 aliphatic rings. The third kappa shape index (κ3) is 3.39. The quantitative estimate of drug-likeness (QED) is 0.877. The zero-order chi connectivity index (χ0) is 13.7. The van der Waals surface area contributed by atoms with Crippen molar-refractivity contribution in [3.05, 3.63) is 66.0 Å². The molecule has 1 aromatic carbocycles. The van der Waals surface area contributed by atoms with Crippen LogP contribution in [0.2, 0.25) is 0 Å². The van der Waals surface area contributed by atoms with E-state index in [4.69, 9.17) is 5.73 Å². The first-order valence-electron chi connectivity index (χ1n) is 6.20. The number of rotatable bonds is 4. The van der Waals surface area contributed by atoms with Crippen LogP contribution in [-0.2, 0) is 4.79 Å². The van der Waals surface area contributed by atoms with Gasteiger partial charge in [0.15, 0.2) is 0 Å².